The van der Waals surface area contributed by atoms with Crippen molar-refractivity contribution in [3.8, 4) is 0 Å². The highest BCUT2D eigenvalue weighted by atomic mass is 16.3. The average Bonchev–Trinajstić information content (AvgIpc) is 2.88. The van der Waals surface area contributed by atoms with E-state index in [0.29, 0.717) is 58.3 Å². The van der Waals surface area contributed by atoms with E-state index in [-0.39, 0.29) is 24.3 Å². The number of rotatable bonds is 19. The first-order chi connectivity index (χ1) is 17.3. The third-order valence-electron chi connectivity index (χ3n) is 8.02. The molecule has 0 bridgehead atoms. The number of aliphatic hydroxyl groups excluding tert-OH is 1. The van der Waals surface area contributed by atoms with Crippen LogP contribution in [0.25, 0.3) is 0 Å². The molecule has 0 aliphatic carbocycles. The predicted octanol–water partition coefficient (Wildman–Crippen LogP) is 1.60. The molecule has 0 aromatic carbocycles. The Kier molecular flexibility index (Phi) is 15.6. The van der Waals surface area contributed by atoms with Crippen LogP contribution in [0.1, 0.15) is 93.4 Å². The molecule has 4 atom stereocenters. The molecule has 216 valence electrons. The van der Waals surface area contributed by atoms with Gasteiger partial charge < -0.3 is 32.1 Å². The lowest BCUT2D eigenvalue weighted by atomic mass is 9.49. The topological polar surface area (TPSA) is 163 Å². The maximum atomic E-state index is 13.8. The average molecular weight is 528 g/mol. The molecular weight excluding hydrogens is 474 g/mol. The highest BCUT2D eigenvalue weighted by molar-refractivity contribution is 5.99. The van der Waals surface area contributed by atoms with Gasteiger partial charge in [0.05, 0.1) is 22.3 Å². The van der Waals surface area contributed by atoms with Crippen molar-refractivity contribution in [1.29, 1.82) is 0 Å². The van der Waals surface area contributed by atoms with Crippen LogP contribution in [0.4, 0.5) is 0 Å². The molecule has 0 aliphatic rings. The lowest BCUT2D eigenvalue weighted by Crippen LogP contribution is -2.66. The van der Waals surface area contributed by atoms with Gasteiger partial charge in [0.1, 0.15) is 0 Å². The second-order valence-corrected chi connectivity index (χ2v) is 10.5. The third kappa shape index (κ3) is 8.95. The van der Waals surface area contributed by atoms with Gasteiger partial charge >= 0.3 is 0 Å². The Balaban J connectivity index is 5.96. The van der Waals surface area contributed by atoms with Crippen molar-refractivity contribution in [2.45, 2.75) is 99.5 Å². The Hall–Kier alpha value is -2.20. The molecule has 4 unspecified atom stereocenters. The summed E-state index contributed by atoms with van der Waals surface area (Å²) in [6.45, 7) is 13.9. The predicted molar refractivity (Wildman–Crippen MR) is 146 cm³/mol. The number of carbonyl (C=O) groups excluding carboxylic acids is 4. The molecule has 0 aliphatic heterocycles. The number of aliphatic hydroxyl groups is 1. The van der Waals surface area contributed by atoms with Gasteiger partial charge in [-0.25, -0.2) is 0 Å². The summed E-state index contributed by atoms with van der Waals surface area (Å²) >= 11 is 0. The van der Waals surface area contributed by atoms with Crippen LogP contribution in [0.5, 0.6) is 0 Å². The van der Waals surface area contributed by atoms with Gasteiger partial charge in [-0.1, -0.05) is 27.2 Å². The van der Waals surface area contributed by atoms with Crippen LogP contribution < -0.4 is 27.0 Å². The first-order valence-corrected chi connectivity index (χ1v) is 13.8. The number of nitrogens with two attached hydrogens (primary N) is 1. The van der Waals surface area contributed by atoms with Crippen LogP contribution in [-0.4, -0.2) is 67.6 Å². The largest absolute Gasteiger partial charge is 0.392 e. The third-order valence-corrected chi connectivity index (χ3v) is 8.02. The molecule has 0 rings (SSSR count). The monoisotopic (exact) mass is 527 g/mol. The molecule has 0 aromatic rings. The van der Waals surface area contributed by atoms with Crippen molar-refractivity contribution in [1.82, 2.24) is 21.3 Å². The van der Waals surface area contributed by atoms with Crippen LogP contribution in [0.15, 0.2) is 0 Å². The van der Waals surface area contributed by atoms with E-state index in [1.807, 2.05) is 20.8 Å². The van der Waals surface area contributed by atoms with E-state index < -0.39 is 28.3 Å². The number of amides is 4. The second kappa shape index (κ2) is 16.6. The Labute approximate surface area is 223 Å². The molecule has 37 heavy (non-hydrogen) atoms. The van der Waals surface area contributed by atoms with Crippen LogP contribution in [0.2, 0.25) is 0 Å². The van der Waals surface area contributed by atoms with Crippen molar-refractivity contribution in [3.63, 3.8) is 0 Å². The lowest BCUT2D eigenvalue weighted by molar-refractivity contribution is -0.170. The van der Waals surface area contributed by atoms with Crippen molar-refractivity contribution in [3.05, 3.63) is 0 Å². The highest BCUT2D eigenvalue weighted by Crippen LogP contribution is 2.55. The molecule has 10 heteroatoms. The van der Waals surface area contributed by atoms with Crippen molar-refractivity contribution >= 4 is 23.6 Å². The molecule has 0 radical (unpaired) electrons. The van der Waals surface area contributed by atoms with E-state index in [1.165, 1.54) is 0 Å². The molecule has 0 spiro atoms. The van der Waals surface area contributed by atoms with Gasteiger partial charge in [0.2, 0.25) is 23.6 Å². The Morgan fingerprint density at radius 3 is 1.68 bits per heavy atom. The standard InChI is InChI=1S/C27H53N5O5/c1-8-11-14-21(34)29-17-13-18-31-23(36)26(6,10-3)27(7,24(37)32-19-20(4)33)25(5,9-2)22(35)30-16-12-15-28/h20,33H,8-19,28H2,1-7H3,(H,29,34)(H,30,35)(H,31,36)(H,32,37). The Morgan fingerprint density at radius 2 is 1.24 bits per heavy atom. The fraction of sp³-hybridized carbons (Fsp3) is 0.852. The van der Waals surface area contributed by atoms with Gasteiger partial charge in [0, 0.05) is 32.6 Å². The molecule has 0 heterocycles. The number of hydrogen-bond donors (Lipinski definition) is 6. The number of nitrogens with one attached hydrogen (secondary N) is 4. The van der Waals surface area contributed by atoms with Crippen LogP contribution in [-0.2, 0) is 19.2 Å². The SMILES string of the molecule is CCCCC(=O)NCCCNC(=O)C(C)(CC)C(C)(C(=O)NCC(C)O)C(C)(CC)C(=O)NCCCN. The van der Waals surface area contributed by atoms with Crippen LogP contribution in [0, 0.1) is 16.2 Å². The normalized spacial score (nSPS) is 16.9. The highest BCUT2D eigenvalue weighted by Gasteiger charge is 2.64. The fourth-order valence-electron chi connectivity index (χ4n) is 4.65. The van der Waals surface area contributed by atoms with E-state index in [4.69, 9.17) is 5.73 Å². The number of carbonyl (C=O) groups is 4. The summed E-state index contributed by atoms with van der Waals surface area (Å²) in [5, 5.41) is 21.2. The van der Waals surface area contributed by atoms with Gasteiger partial charge in [-0.15, -0.1) is 0 Å². The van der Waals surface area contributed by atoms with Gasteiger partial charge in [-0.3, -0.25) is 19.2 Å². The summed E-state index contributed by atoms with van der Waals surface area (Å²) in [5.41, 5.74) is 1.63. The molecule has 0 fully saturated rings. The second-order valence-electron chi connectivity index (χ2n) is 10.5. The van der Waals surface area contributed by atoms with Gasteiger partial charge in [-0.2, -0.15) is 0 Å². The Bertz CT molecular complexity index is 747. The van der Waals surface area contributed by atoms with Gasteiger partial charge in [0.15, 0.2) is 0 Å². The maximum Gasteiger partial charge on any atom is 0.228 e. The van der Waals surface area contributed by atoms with E-state index in [1.54, 1.807) is 27.7 Å². The first kappa shape index (κ1) is 34.8. The zero-order chi connectivity index (χ0) is 28.7. The summed E-state index contributed by atoms with van der Waals surface area (Å²) in [6, 6.07) is 0. The summed E-state index contributed by atoms with van der Waals surface area (Å²) in [7, 11) is 0. The summed E-state index contributed by atoms with van der Waals surface area (Å²) in [6.07, 6.45) is 3.24. The summed E-state index contributed by atoms with van der Waals surface area (Å²) < 4.78 is 0. The lowest BCUT2D eigenvalue weighted by Gasteiger charge is -2.53. The number of hydrogen-bond acceptors (Lipinski definition) is 6. The minimum Gasteiger partial charge on any atom is -0.392 e. The van der Waals surface area contributed by atoms with E-state index >= 15 is 0 Å². The first-order valence-electron chi connectivity index (χ1n) is 13.8. The molecular formula is C27H53N5O5. The van der Waals surface area contributed by atoms with Gasteiger partial charge in [-0.05, 0) is 66.3 Å². The summed E-state index contributed by atoms with van der Waals surface area (Å²) in [5.74, 6) is -1.13. The zero-order valence-electron chi connectivity index (χ0n) is 24.2. The van der Waals surface area contributed by atoms with E-state index in [9.17, 15) is 24.3 Å². The smallest absolute Gasteiger partial charge is 0.228 e. The molecule has 4 amide bonds. The molecule has 0 saturated carbocycles. The van der Waals surface area contributed by atoms with Crippen molar-refractivity contribution in [2.24, 2.45) is 22.0 Å². The van der Waals surface area contributed by atoms with Gasteiger partial charge in [0.25, 0.3) is 0 Å². The molecule has 0 saturated heterocycles. The minimum absolute atomic E-state index is 0.00214. The quantitative estimate of drug-likeness (QED) is 0.140. The summed E-state index contributed by atoms with van der Waals surface area (Å²) in [4.78, 5) is 52.8. The van der Waals surface area contributed by atoms with E-state index in [0.717, 1.165) is 12.8 Å². The van der Waals surface area contributed by atoms with E-state index in [2.05, 4.69) is 21.3 Å². The van der Waals surface area contributed by atoms with Crippen molar-refractivity contribution in [2.75, 3.05) is 32.7 Å². The molecule has 0 aromatic heterocycles. The zero-order valence-corrected chi connectivity index (χ0v) is 24.2. The molecule has 10 nitrogen and oxygen atoms in total. The molecule has 7 N–H and O–H groups in total. The van der Waals surface area contributed by atoms with Crippen LogP contribution in [0.3, 0.4) is 0 Å². The Morgan fingerprint density at radius 1 is 0.757 bits per heavy atom. The van der Waals surface area contributed by atoms with Crippen LogP contribution >= 0.6 is 0 Å². The maximum absolute atomic E-state index is 13.8. The van der Waals surface area contributed by atoms with Crippen molar-refractivity contribution < 1.29 is 24.3 Å². The number of unbranched alkanes of at least 4 members (excludes halogenated alkanes) is 1. The fourth-order valence-corrected chi connectivity index (χ4v) is 4.65. The minimum atomic E-state index is -1.45.